The Morgan fingerprint density at radius 2 is 2.05 bits per heavy atom. The van der Waals surface area contributed by atoms with Crippen molar-refractivity contribution in [1.29, 1.82) is 0 Å². The quantitative estimate of drug-likeness (QED) is 0.857. The monoisotopic (exact) mass is 320 g/mol. The molecule has 1 aliphatic heterocycles. The Balaban J connectivity index is 2.33. The van der Waals surface area contributed by atoms with E-state index in [0.29, 0.717) is 12.3 Å². The van der Waals surface area contributed by atoms with Gasteiger partial charge in [0, 0.05) is 36.4 Å². The second kappa shape index (κ2) is 5.78. The van der Waals surface area contributed by atoms with E-state index < -0.39 is 9.84 Å². The van der Waals surface area contributed by atoms with Gasteiger partial charge in [-0.05, 0) is 24.7 Å². The lowest BCUT2D eigenvalue weighted by atomic mass is 9.67. The van der Waals surface area contributed by atoms with Gasteiger partial charge in [0.25, 0.3) is 0 Å². The van der Waals surface area contributed by atoms with Crippen LogP contribution in [0.1, 0.15) is 39.5 Å². The SMILES string of the molecule is CC1(C)CCCC(CN)(N2CCSCC2S(C)(=O)=O)C1. The third kappa shape index (κ3) is 3.34. The molecule has 2 N–H and O–H groups in total. The van der Waals surface area contributed by atoms with Crippen molar-refractivity contribution >= 4 is 21.6 Å². The Bertz CT molecular complexity index is 450. The normalized spacial score (nSPS) is 35.9. The van der Waals surface area contributed by atoms with Crippen LogP contribution in [0.2, 0.25) is 0 Å². The Morgan fingerprint density at radius 1 is 1.35 bits per heavy atom. The van der Waals surface area contributed by atoms with Gasteiger partial charge in [0.05, 0.1) is 0 Å². The fraction of sp³-hybridized carbons (Fsp3) is 1.00. The Hall–Kier alpha value is 0.220. The van der Waals surface area contributed by atoms with Crippen molar-refractivity contribution in [3.8, 4) is 0 Å². The smallest absolute Gasteiger partial charge is 0.164 e. The summed E-state index contributed by atoms with van der Waals surface area (Å²) in [7, 11) is -3.06. The van der Waals surface area contributed by atoms with E-state index in [1.54, 1.807) is 11.8 Å². The second-order valence-corrected chi connectivity index (χ2v) is 10.5. The summed E-state index contributed by atoms with van der Waals surface area (Å²) in [5.74, 6) is 1.69. The van der Waals surface area contributed by atoms with E-state index in [0.717, 1.165) is 31.6 Å². The first-order chi connectivity index (χ1) is 9.20. The van der Waals surface area contributed by atoms with E-state index in [-0.39, 0.29) is 16.3 Å². The molecule has 0 aromatic heterocycles. The minimum Gasteiger partial charge on any atom is -0.329 e. The summed E-state index contributed by atoms with van der Waals surface area (Å²) in [6.45, 7) is 5.97. The van der Waals surface area contributed by atoms with Crippen molar-refractivity contribution in [2.75, 3.05) is 30.9 Å². The summed E-state index contributed by atoms with van der Waals surface area (Å²) in [5.41, 5.74) is 6.28. The minimum absolute atomic E-state index is 0.128. The average molecular weight is 321 g/mol. The van der Waals surface area contributed by atoms with E-state index in [1.165, 1.54) is 12.7 Å². The number of sulfone groups is 1. The standard InChI is InChI=1S/C14H28N2O2S2/c1-13(2)5-4-6-14(10-13,11-15)16-7-8-19-9-12(16)20(3,17)18/h12H,4-11,15H2,1-3H3. The maximum absolute atomic E-state index is 12.2. The Labute approximate surface area is 127 Å². The lowest BCUT2D eigenvalue weighted by Gasteiger charge is -2.54. The van der Waals surface area contributed by atoms with Crippen molar-refractivity contribution in [3.63, 3.8) is 0 Å². The molecule has 6 heteroatoms. The highest BCUT2D eigenvalue weighted by atomic mass is 32.2. The summed E-state index contributed by atoms with van der Waals surface area (Å²) in [6.07, 6.45) is 5.76. The number of nitrogens with zero attached hydrogens (tertiary/aromatic N) is 1. The van der Waals surface area contributed by atoms with Crippen LogP contribution >= 0.6 is 11.8 Å². The van der Waals surface area contributed by atoms with Gasteiger partial charge in [-0.1, -0.05) is 20.3 Å². The fourth-order valence-corrected chi connectivity index (χ4v) is 6.92. The van der Waals surface area contributed by atoms with Crippen molar-refractivity contribution in [2.24, 2.45) is 11.1 Å². The van der Waals surface area contributed by atoms with Gasteiger partial charge in [0.15, 0.2) is 9.84 Å². The highest BCUT2D eigenvalue weighted by Crippen LogP contribution is 2.45. The molecule has 1 aliphatic carbocycles. The zero-order chi connectivity index (χ0) is 15.0. The van der Waals surface area contributed by atoms with Crippen molar-refractivity contribution in [2.45, 2.75) is 50.4 Å². The molecule has 118 valence electrons. The molecule has 1 heterocycles. The molecule has 2 unspecified atom stereocenters. The van der Waals surface area contributed by atoms with Crippen LogP contribution in [-0.4, -0.2) is 55.1 Å². The van der Waals surface area contributed by atoms with Crippen molar-refractivity contribution < 1.29 is 8.42 Å². The van der Waals surface area contributed by atoms with Gasteiger partial charge in [-0.15, -0.1) is 0 Å². The van der Waals surface area contributed by atoms with Gasteiger partial charge in [-0.3, -0.25) is 4.90 Å². The van der Waals surface area contributed by atoms with Crippen LogP contribution in [0.3, 0.4) is 0 Å². The molecule has 0 spiro atoms. The van der Waals surface area contributed by atoms with Gasteiger partial charge < -0.3 is 5.73 Å². The van der Waals surface area contributed by atoms with Crippen LogP contribution in [0.15, 0.2) is 0 Å². The van der Waals surface area contributed by atoms with Gasteiger partial charge >= 0.3 is 0 Å². The van der Waals surface area contributed by atoms with E-state index in [1.807, 2.05) is 0 Å². The summed E-state index contributed by atoms with van der Waals surface area (Å²) in [5, 5.41) is -0.362. The third-order valence-electron chi connectivity index (χ3n) is 4.87. The highest BCUT2D eigenvalue weighted by Gasteiger charge is 2.48. The molecule has 2 atom stereocenters. The molecule has 0 bridgehead atoms. The van der Waals surface area contributed by atoms with Crippen molar-refractivity contribution in [3.05, 3.63) is 0 Å². The van der Waals surface area contributed by atoms with Crippen LogP contribution in [0.5, 0.6) is 0 Å². The summed E-state index contributed by atoms with van der Waals surface area (Å²) in [6, 6.07) is 0. The maximum atomic E-state index is 12.2. The zero-order valence-corrected chi connectivity index (χ0v) is 14.5. The Morgan fingerprint density at radius 3 is 2.60 bits per heavy atom. The summed E-state index contributed by atoms with van der Waals surface area (Å²) < 4.78 is 24.3. The lowest BCUT2D eigenvalue weighted by molar-refractivity contribution is 0.00685. The molecule has 20 heavy (non-hydrogen) atoms. The number of hydrogen-bond donors (Lipinski definition) is 1. The molecule has 0 amide bonds. The highest BCUT2D eigenvalue weighted by molar-refractivity contribution is 8.00. The van der Waals surface area contributed by atoms with Crippen molar-refractivity contribution in [1.82, 2.24) is 4.90 Å². The molecule has 1 saturated heterocycles. The number of nitrogens with two attached hydrogens (primary N) is 1. The van der Waals surface area contributed by atoms with E-state index >= 15 is 0 Å². The number of thioether (sulfide) groups is 1. The molecule has 2 rings (SSSR count). The molecular weight excluding hydrogens is 292 g/mol. The van der Waals surface area contributed by atoms with Crippen LogP contribution in [0, 0.1) is 5.41 Å². The predicted molar refractivity (Wildman–Crippen MR) is 86.7 cm³/mol. The third-order valence-corrected chi connectivity index (χ3v) is 7.51. The van der Waals surface area contributed by atoms with E-state index in [9.17, 15) is 8.42 Å². The molecular formula is C14H28N2O2S2. The second-order valence-electron chi connectivity index (χ2n) is 7.18. The van der Waals surface area contributed by atoms with Crippen LogP contribution in [0.4, 0.5) is 0 Å². The summed E-state index contributed by atoms with van der Waals surface area (Å²) in [4.78, 5) is 2.24. The summed E-state index contributed by atoms with van der Waals surface area (Å²) >= 11 is 1.75. The van der Waals surface area contributed by atoms with Gasteiger partial charge in [0.2, 0.25) is 0 Å². The molecule has 0 radical (unpaired) electrons. The van der Waals surface area contributed by atoms with Crippen LogP contribution in [-0.2, 0) is 9.84 Å². The van der Waals surface area contributed by atoms with Gasteiger partial charge in [-0.25, -0.2) is 8.42 Å². The molecule has 2 fully saturated rings. The van der Waals surface area contributed by atoms with Gasteiger partial charge in [0.1, 0.15) is 5.37 Å². The molecule has 1 saturated carbocycles. The molecule has 2 aliphatic rings. The fourth-order valence-electron chi connectivity index (χ4n) is 3.98. The van der Waals surface area contributed by atoms with E-state index in [2.05, 4.69) is 18.7 Å². The first-order valence-corrected chi connectivity index (χ1v) is 10.5. The topological polar surface area (TPSA) is 63.4 Å². The average Bonchev–Trinajstić information content (AvgIpc) is 2.36. The first-order valence-electron chi connectivity index (χ1n) is 7.44. The Kier molecular flexibility index (Phi) is 4.80. The van der Waals surface area contributed by atoms with Crippen LogP contribution < -0.4 is 5.73 Å². The first kappa shape index (κ1) is 16.6. The zero-order valence-electron chi connectivity index (χ0n) is 12.9. The predicted octanol–water partition coefficient (Wildman–Crippen LogP) is 1.70. The van der Waals surface area contributed by atoms with E-state index in [4.69, 9.17) is 5.73 Å². The number of hydrogen-bond acceptors (Lipinski definition) is 5. The number of rotatable bonds is 3. The largest absolute Gasteiger partial charge is 0.329 e. The van der Waals surface area contributed by atoms with Gasteiger partial charge in [-0.2, -0.15) is 11.8 Å². The molecule has 0 aromatic rings. The molecule has 4 nitrogen and oxygen atoms in total. The maximum Gasteiger partial charge on any atom is 0.164 e. The lowest BCUT2D eigenvalue weighted by Crippen LogP contribution is -2.64. The minimum atomic E-state index is -3.06. The van der Waals surface area contributed by atoms with Crippen LogP contribution in [0.25, 0.3) is 0 Å². The molecule has 0 aromatic carbocycles.